The summed E-state index contributed by atoms with van der Waals surface area (Å²) in [6.45, 7) is 0. The van der Waals surface area contributed by atoms with Gasteiger partial charge in [-0.1, -0.05) is 0 Å². The first-order valence-electron chi connectivity index (χ1n) is 3.34. The van der Waals surface area contributed by atoms with E-state index in [4.69, 9.17) is 5.11 Å². The lowest BCUT2D eigenvalue weighted by atomic mass is 10.6. The lowest BCUT2D eigenvalue weighted by Crippen LogP contribution is -1.99. The summed E-state index contributed by atoms with van der Waals surface area (Å²) in [5.74, 6) is 0.505. The van der Waals surface area contributed by atoms with Crippen molar-refractivity contribution in [1.29, 1.82) is 0 Å². The quantitative estimate of drug-likeness (QED) is 0.749. The first-order chi connectivity index (χ1) is 5.79. The molecule has 0 radical (unpaired) electrons. The molecule has 1 aromatic rings. The predicted molar refractivity (Wildman–Crippen MR) is 45.8 cm³/mol. The van der Waals surface area contributed by atoms with E-state index in [1.807, 2.05) is 0 Å². The lowest BCUT2D eigenvalue weighted by Gasteiger charge is -1.95. The second-order valence-corrected chi connectivity index (χ2v) is 3.04. The van der Waals surface area contributed by atoms with Gasteiger partial charge in [0.05, 0.1) is 11.5 Å². The number of hydrogen-bond donors (Lipinski definition) is 1. The molecule has 0 fully saturated rings. The van der Waals surface area contributed by atoms with Gasteiger partial charge in [0.1, 0.15) is 5.82 Å². The number of thioether (sulfide) groups is 1. The van der Waals surface area contributed by atoms with Gasteiger partial charge in [-0.25, -0.2) is 9.97 Å². The molecule has 0 bridgehead atoms. The van der Waals surface area contributed by atoms with Gasteiger partial charge in [-0.2, -0.15) is 0 Å². The largest absolute Gasteiger partial charge is 0.481 e. The number of hydrogen-bond acceptors (Lipinski definition) is 4. The average Bonchev–Trinajstić information content (AvgIpc) is 2.05. The maximum atomic E-state index is 10.1. The molecule has 0 saturated heterocycles. The van der Waals surface area contributed by atoms with E-state index >= 15 is 0 Å². The van der Waals surface area contributed by atoms with Gasteiger partial charge >= 0.3 is 5.97 Å². The molecule has 0 aromatic carbocycles. The molecule has 4 nitrogen and oxygen atoms in total. The van der Waals surface area contributed by atoms with E-state index in [1.54, 1.807) is 18.5 Å². The molecule has 0 spiro atoms. The van der Waals surface area contributed by atoms with E-state index < -0.39 is 5.97 Å². The number of rotatable bonds is 4. The summed E-state index contributed by atoms with van der Waals surface area (Å²) in [4.78, 5) is 18.0. The summed E-state index contributed by atoms with van der Waals surface area (Å²) in [5.41, 5.74) is 0. The van der Waals surface area contributed by atoms with E-state index in [9.17, 15) is 4.79 Å². The molecule has 1 rings (SSSR count). The van der Waals surface area contributed by atoms with Crippen LogP contribution in [0.1, 0.15) is 5.82 Å². The SMILES string of the molecule is O=C(O)CSCc1ncccn1. The Labute approximate surface area is 74.0 Å². The van der Waals surface area contributed by atoms with Crippen molar-refractivity contribution < 1.29 is 9.90 Å². The molecule has 1 N–H and O–H groups in total. The van der Waals surface area contributed by atoms with E-state index in [2.05, 4.69) is 9.97 Å². The highest BCUT2D eigenvalue weighted by Crippen LogP contribution is 2.06. The Morgan fingerprint density at radius 2 is 2.17 bits per heavy atom. The van der Waals surface area contributed by atoms with Gasteiger partial charge in [-0.05, 0) is 6.07 Å². The summed E-state index contributed by atoms with van der Waals surface area (Å²) < 4.78 is 0. The van der Waals surface area contributed by atoms with Crippen LogP contribution in [-0.4, -0.2) is 26.8 Å². The molecule has 0 unspecified atom stereocenters. The minimum Gasteiger partial charge on any atom is -0.481 e. The Kier molecular flexibility index (Phi) is 3.53. The van der Waals surface area contributed by atoms with Crippen molar-refractivity contribution in [3.63, 3.8) is 0 Å². The molecule has 0 saturated carbocycles. The fraction of sp³-hybridized carbons (Fsp3) is 0.286. The van der Waals surface area contributed by atoms with Crippen LogP contribution in [0.4, 0.5) is 0 Å². The van der Waals surface area contributed by atoms with E-state index in [0.717, 1.165) is 0 Å². The Morgan fingerprint density at radius 3 is 2.75 bits per heavy atom. The second-order valence-electron chi connectivity index (χ2n) is 2.05. The molecule has 0 aliphatic heterocycles. The number of carboxylic acid groups (broad SMARTS) is 1. The summed E-state index contributed by atoms with van der Waals surface area (Å²) >= 11 is 1.29. The van der Waals surface area contributed by atoms with Crippen molar-refractivity contribution in [3.8, 4) is 0 Å². The van der Waals surface area contributed by atoms with E-state index in [0.29, 0.717) is 11.6 Å². The van der Waals surface area contributed by atoms with Gasteiger partial charge < -0.3 is 5.11 Å². The monoisotopic (exact) mass is 184 g/mol. The van der Waals surface area contributed by atoms with Crippen molar-refractivity contribution >= 4 is 17.7 Å². The predicted octanol–water partition coefficient (Wildman–Crippen LogP) is 0.794. The molecule has 0 aliphatic rings. The van der Waals surface area contributed by atoms with E-state index in [1.165, 1.54) is 11.8 Å². The standard InChI is InChI=1S/C7H8N2O2S/c10-7(11)5-12-4-6-8-2-1-3-9-6/h1-3H,4-5H2,(H,10,11). The molecule has 0 atom stereocenters. The highest BCUT2D eigenvalue weighted by Gasteiger charge is 1.98. The second kappa shape index (κ2) is 4.71. The Morgan fingerprint density at radius 1 is 1.50 bits per heavy atom. The minimum absolute atomic E-state index is 0.0955. The minimum atomic E-state index is -0.809. The smallest absolute Gasteiger partial charge is 0.313 e. The fourth-order valence-corrected chi connectivity index (χ4v) is 1.24. The van der Waals surface area contributed by atoms with Gasteiger partial charge in [-0.15, -0.1) is 11.8 Å². The van der Waals surface area contributed by atoms with E-state index in [-0.39, 0.29) is 5.75 Å². The number of aliphatic carboxylic acids is 1. The first kappa shape index (κ1) is 8.99. The molecule has 64 valence electrons. The number of carboxylic acids is 1. The van der Waals surface area contributed by atoms with Crippen molar-refractivity contribution in [2.45, 2.75) is 5.75 Å². The Balaban J connectivity index is 2.29. The van der Waals surface area contributed by atoms with Gasteiger partial charge in [0, 0.05) is 12.4 Å². The van der Waals surface area contributed by atoms with Crippen LogP contribution in [0.5, 0.6) is 0 Å². The lowest BCUT2D eigenvalue weighted by molar-refractivity contribution is -0.133. The number of aromatic nitrogens is 2. The van der Waals surface area contributed by atoms with Crippen LogP contribution in [0, 0.1) is 0 Å². The average molecular weight is 184 g/mol. The van der Waals surface area contributed by atoms with Crippen LogP contribution in [-0.2, 0) is 10.5 Å². The van der Waals surface area contributed by atoms with Crippen molar-refractivity contribution in [3.05, 3.63) is 24.3 Å². The Hall–Kier alpha value is -1.10. The first-order valence-corrected chi connectivity index (χ1v) is 4.50. The number of nitrogens with zero attached hydrogens (tertiary/aromatic N) is 2. The van der Waals surface area contributed by atoms with Gasteiger partial charge in [0.25, 0.3) is 0 Å². The van der Waals surface area contributed by atoms with Crippen molar-refractivity contribution in [2.24, 2.45) is 0 Å². The molecule has 0 aliphatic carbocycles. The van der Waals surface area contributed by atoms with Crippen LogP contribution in [0.2, 0.25) is 0 Å². The summed E-state index contributed by atoms with van der Waals surface area (Å²) in [5, 5.41) is 8.33. The normalized spacial score (nSPS) is 9.67. The Bertz CT molecular complexity index is 253. The maximum Gasteiger partial charge on any atom is 0.313 e. The molecular weight excluding hydrogens is 176 g/mol. The molecule has 1 aromatic heterocycles. The highest BCUT2D eigenvalue weighted by molar-refractivity contribution is 7.99. The third kappa shape index (κ3) is 3.34. The molecule has 1 heterocycles. The zero-order chi connectivity index (χ0) is 8.81. The van der Waals surface area contributed by atoms with Gasteiger partial charge in [0.2, 0.25) is 0 Å². The fourth-order valence-electron chi connectivity index (χ4n) is 0.634. The molecule has 5 heteroatoms. The van der Waals surface area contributed by atoms with Crippen LogP contribution >= 0.6 is 11.8 Å². The number of carbonyl (C=O) groups is 1. The third-order valence-electron chi connectivity index (χ3n) is 1.08. The van der Waals surface area contributed by atoms with Gasteiger partial charge in [0.15, 0.2) is 0 Å². The van der Waals surface area contributed by atoms with Crippen LogP contribution in [0.25, 0.3) is 0 Å². The molecular formula is C7H8N2O2S. The zero-order valence-electron chi connectivity index (χ0n) is 6.30. The topological polar surface area (TPSA) is 63.1 Å². The summed E-state index contributed by atoms with van der Waals surface area (Å²) in [6, 6.07) is 1.73. The summed E-state index contributed by atoms with van der Waals surface area (Å²) in [7, 11) is 0. The van der Waals surface area contributed by atoms with Crippen LogP contribution in [0.15, 0.2) is 18.5 Å². The van der Waals surface area contributed by atoms with Crippen molar-refractivity contribution in [2.75, 3.05) is 5.75 Å². The van der Waals surface area contributed by atoms with Crippen LogP contribution < -0.4 is 0 Å². The van der Waals surface area contributed by atoms with Crippen LogP contribution in [0.3, 0.4) is 0 Å². The highest BCUT2D eigenvalue weighted by atomic mass is 32.2. The molecule has 12 heavy (non-hydrogen) atoms. The maximum absolute atomic E-state index is 10.1. The third-order valence-corrected chi connectivity index (χ3v) is 1.99. The van der Waals surface area contributed by atoms with Crippen molar-refractivity contribution in [1.82, 2.24) is 9.97 Å². The summed E-state index contributed by atoms with van der Waals surface area (Å²) in [6.07, 6.45) is 3.29. The zero-order valence-corrected chi connectivity index (χ0v) is 7.12. The van der Waals surface area contributed by atoms with Gasteiger partial charge in [-0.3, -0.25) is 4.79 Å². The molecule has 0 amide bonds.